The first kappa shape index (κ1) is 21.7. The molecule has 0 radical (unpaired) electrons. The lowest BCUT2D eigenvalue weighted by molar-refractivity contribution is 1.26. The Morgan fingerprint density at radius 3 is 1.10 bits per heavy atom. The van der Waals surface area contributed by atoms with E-state index in [1.54, 1.807) is 0 Å². The third-order valence-electron chi connectivity index (χ3n) is 2.71. The second kappa shape index (κ2) is 14.8. The van der Waals surface area contributed by atoms with Crippen LogP contribution in [0.25, 0.3) is 11.1 Å². The van der Waals surface area contributed by atoms with E-state index in [0.29, 0.717) is 0 Å². The van der Waals surface area contributed by atoms with E-state index in [4.69, 9.17) is 0 Å². The van der Waals surface area contributed by atoms with Gasteiger partial charge < -0.3 is 0 Å². The summed E-state index contributed by atoms with van der Waals surface area (Å²) in [4.78, 5) is 0. The van der Waals surface area contributed by atoms with Crippen molar-refractivity contribution in [2.24, 2.45) is 0 Å². The molecule has 0 aromatic heterocycles. The number of fused-ring (bicyclic) bond motifs is 3. The molecule has 0 N–H and O–H groups in total. The van der Waals surface area contributed by atoms with Gasteiger partial charge in [0.2, 0.25) is 0 Å². The number of rotatable bonds is 0. The highest BCUT2D eigenvalue weighted by molar-refractivity contribution is 5.76. The summed E-state index contributed by atoms with van der Waals surface area (Å²) in [6.45, 7) is 16.0. The molecule has 3 rings (SSSR count). The highest BCUT2D eigenvalue weighted by Crippen LogP contribution is 2.35. The van der Waals surface area contributed by atoms with Crippen LogP contribution in [0.3, 0.4) is 0 Å². The molecule has 0 fully saturated rings. The van der Waals surface area contributed by atoms with Gasteiger partial charge >= 0.3 is 0 Å². The second-order valence-electron chi connectivity index (χ2n) is 3.49. The van der Waals surface area contributed by atoms with Crippen molar-refractivity contribution in [1.82, 2.24) is 0 Å². The molecular weight excluding hydrogens is 252 g/mol. The Morgan fingerprint density at radius 1 is 0.476 bits per heavy atom. The lowest BCUT2D eigenvalue weighted by atomic mass is 10.1. The van der Waals surface area contributed by atoms with E-state index in [1.165, 1.54) is 22.3 Å². The van der Waals surface area contributed by atoms with Crippen molar-refractivity contribution in [3.63, 3.8) is 0 Å². The standard InChI is InChI=1S/C13H10.4C2H6/c1-3-7-12-10(5-1)9-11-6-2-4-8-13(11)12;4*1-2/h1-8H,9H2;4*1-2H3. The molecule has 0 heteroatoms. The smallest absolute Gasteiger partial charge is 0.00135 e. The molecule has 2 aromatic carbocycles. The Kier molecular flexibility index (Phi) is 15.4. The van der Waals surface area contributed by atoms with Crippen LogP contribution in [0, 0.1) is 0 Å². The van der Waals surface area contributed by atoms with Gasteiger partial charge in [-0.1, -0.05) is 104 Å². The van der Waals surface area contributed by atoms with E-state index >= 15 is 0 Å². The van der Waals surface area contributed by atoms with Gasteiger partial charge in [-0.15, -0.1) is 0 Å². The van der Waals surface area contributed by atoms with Crippen LogP contribution in [0.15, 0.2) is 48.5 Å². The summed E-state index contributed by atoms with van der Waals surface area (Å²) < 4.78 is 0. The van der Waals surface area contributed by atoms with Crippen molar-refractivity contribution < 1.29 is 0 Å². The first-order chi connectivity index (χ1) is 10.4. The summed E-state index contributed by atoms with van der Waals surface area (Å²) in [5.41, 5.74) is 5.75. The van der Waals surface area contributed by atoms with Gasteiger partial charge in [-0.2, -0.15) is 0 Å². The number of benzene rings is 2. The second-order valence-corrected chi connectivity index (χ2v) is 3.49. The molecule has 0 aliphatic heterocycles. The highest BCUT2D eigenvalue weighted by Gasteiger charge is 2.15. The summed E-state index contributed by atoms with van der Waals surface area (Å²) in [7, 11) is 0. The van der Waals surface area contributed by atoms with Gasteiger partial charge in [-0.25, -0.2) is 0 Å². The van der Waals surface area contributed by atoms with Crippen LogP contribution in [-0.4, -0.2) is 0 Å². The van der Waals surface area contributed by atoms with Gasteiger partial charge in [0.25, 0.3) is 0 Å². The zero-order valence-electron chi connectivity index (χ0n) is 15.3. The molecule has 0 nitrogen and oxygen atoms in total. The molecule has 2 aromatic rings. The maximum absolute atomic E-state index is 2.22. The Bertz CT molecular complexity index is 412. The molecule has 0 spiro atoms. The Balaban J connectivity index is 0. The van der Waals surface area contributed by atoms with Crippen LogP contribution in [0.2, 0.25) is 0 Å². The van der Waals surface area contributed by atoms with Crippen molar-refractivity contribution >= 4 is 0 Å². The Hall–Kier alpha value is -1.56. The summed E-state index contributed by atoms with van der Waals surface area (Å²) in [5, 5.41) is 0. The monoisotopic (exact) mass is 286 g/mol. The molecule has 1 aliphatic rings. The Morgan fingerprint density at radius 2 is 0.762 bits per heavy atom. The SMILES string of the molecule is CC.CC.CC.CC.c1ccc2c(c1)Cc1ccccc1-2. The van der Waals surface area contributed by atoms with Crippen molar-refractivity contribution in [2.75, 3.05) is 0 Å². The third kappa shape index (κ3) is 6.16. The van der Waals surface area contributed by atoms with Crippen molar-refractivity contribution in [1.29, 1.82) is 0 Å². The largest absolute Gasteiger partial charge is 0.0683 e. The molecule has 118 valence electrons. The first-order valence-corrected chi connectivity index (χ1v) is 8.61. The van der Waals surface area contributed by atoms with Crippen LogP contribution in [-0.2, 0) is 6.42 Å². The fourth-order valence-corrected chi connectivity index (χ4v) is 2.08. The predicted molar refractivity (Wildman–Crippen MR) is 100 cm³/mol. The minimum absolute atomic E-state index is 1.10. The van der Waals surface area contributed by atoms with Gasteiger partial charge in [0, 0.05) is 0 Å². The molecule has 0 heterocycles. The summed E-state index contributed by atoms with van der Waals surface area (Å²) in [6.07, 6.45) is 1.10. The van der Waals surface area contributed by atoms with E-state index in [-0.39, 0.29) is 0 Å². The quantitative estimate of drug-likeness (QED) is 0.405. The topological polar surface area (TPSA) is 0 Å². The molecular formula is C21H34. The zero-order chi connectivity index (χ0) is 16.7. The predicted octanol–water partition coefficient (Wildman–Crippen LogP) is 7.36. The molecule has 0 saturated heterocycles. The molecule has 0 amide bonds. The number of hydrogen-bond acceptors (Lipinski definition) is 0. The third-order valence-corrected chi connectivity index (χ3v) is 2.71. The minimum atomic E-state index is 1.10. The maximum atomic E-state index is 2.22. The molecule has 1 aliphatic carbocycles. The van der Waals surface area contributed by atoms with Crippen LogP contribution < -0.4 is 0 Å². The molecule has 21 heavy (non-hydrogen) atoms. The van der Waals surface area contributed by atoms with Crippen molar-refractivity contribution in [3.8, 4) is 11.1 Å². The minimum Gasteiger partial charge on any atom is -0.0683 e. The van der Waals surface area contributed by atoms with Gasteiger partial charge in [-0.3, -0.25) is 0 Å². The maximum Gasteiger partial charge on any atom is -0.00135 e. The van der Waals surface area contributed by atoms with Crippen LogP contribution in [0.4, 0.5) is 0 Å². The van der Waals surface area contributed by atoms with E-state index in [0.717, 1.165) is 6.42 Å². The fourth-order valence-electron chi connectivity index (χ4n) is 2.08. The van der Waals surface area contributed by atoms with E-state index in [2.05, 4.69) is 48.5 Å². The van der Waals surface area contributed by atoms with Gasteiger partial charge in [0.15, 0.2) is 0 Å². The summed E-state index contributed by atoms with van der Waals surface area (Å²) in [5.74, 6) is 0. The van der Waals surface area contributed by atoms with Crippen molar-refractivity contribution in [2.45, 2.75) is 61.8 Å². The highest BCUT2D eigenvalue weighted by atomic mass is 14.2. The van der Waals surface area contributed by atoms with E-state index in [1.807, 2.05) is 55.4 Å². The van der Waals surface area contributed by atoms with Crippen LogP contribution in [0.5, 0.6) is 0 Å². The molecule has 0 atom stereocenters. The van der Waals surface area contributed by atoms with Gasteiger partial charge in [0.1, 0.15) is 0 Å². The van der Waals surface area contributed by atoms with E-state index in [9.17, 15) is 0 Å². The average Bonchev–Trinajstić information content (AvgIpc) is 3.01. The Labute approximate surface area is 133 Å². The van der Waals surface area contributed by atoms with Gasteiger partial charge in [0.05, 0.1) is 0 Å². The average molecular weight is 287 g/mol. The van der Waals surface area contributed by atoms with Gasteiger partial charge in [-0.05, 0) is 28.7 Å². The fraction of sp³-hybridized carbons (Fsp3) is 0.429. The lowest BCUT2D eigenvalue weighted by Gasteiger charge is -1.98. The molecule has 0 bridgehead atoms. The van der Waals surface area contributed by atoms with Crippen LogP contribution in [0.1, 0.15) is 66.5 Å². The molecule has 0 unspecified atom stereocenters. The zero-order valence-corrected chi connectivity index (χ0v) is 15.3. The van der Waals surface area contributed by atoms with Crippen LogP contribution >= 0.6 is 0 Å². The lowest BCUT2D eigenvalue weighted by Crippen LogP contribution is -1.77. The first-order valence-electron chi connectivity index (χ1n) is 8.61. The number of hydrogen-bond donors (Lipinski definition) is 0. The van der Waals surface area contributed by atoms with E-state index < -0.39 is 0 Å². The summed E-state index contributed by atoms with van der Waals surface area (Å²) in [6, 6.07) is 17.3. The molecule has 0 saturated carbocycles. The summed E-state index contributed by atoms with van der Waals surface area (Å²) >= 11 is 0. The normalized spacial score (nSPS) is 8.76. The van der Waals surface area contributed by atoms with Crippen molar-refractivity contribution in [3.05, 3.63) is 59.7 Å².